The van der Waals surface area contributed by atoms with Gasteiger partial charge in [-0.2, -0.15) is 0 Å². The van der Waals surface area contributed by atoms with E-state index in [1.807, 2.05) is 13.8 Å². The largest absolute Gasteiger partial charge is 0.481 e. The summed E-state index contributed by atoms with van der Waals surface area (Å²) in [6, 6.07) is 0. The van der Waals surface area contributed by atoms with E-state index in [9.17, 15) is 14.4 Å². The van der Waals surface area contributed by atoms with Crippen LogP contribution in [0, 0.1) is 11.3 Å². The van der Waals surface area contributed by atoms with E-state index in [-0.39, 0.29) is 28.5 Å². The summed E-state index contributed by atoms with van der Waals surface area (Å²) in [5, 5.41) is 9.15. The highest BCUT2D eigenvalue weighted by atomic mass is 16.4. The maximum atomic E-state index is 13.1. The SMILES string of the molecule is CCCn1c(=O)c2[nH]c(C34CCC(CCC(=O)O)(CC3)C[C@@H]4C)nc2n(CCC)c1=O. The number of imidazole rings is 1. The van der Waals surface area contributed by atoms with Crippen molar-refractivity contribution >= 4 is 17.1 Å². The summed E-state index contributed by atoms with van der Waals surface area (Å²) in [7, 11) is 0. The zero-order valence-corrected chi connectivity index (χ0v) is 18.9. The van der Waals surface area contributed by atoms with Gasteiger partial charge in [-0.1, -0.05) is 20.8 Å². The number of aryl methyl sites for hydroxylation is 1. The molecule has 2 N–H and O–H groups in total. The molecule has 0 spiro atoms. The Balaban J connectivity index is 1.77. The van der Waals surface area contributed by atoms with E-state index in [4.69, 9.17) is 10.1 Å². The number of hydrogen-bond donors (Lipinski definition) is 2. The van der Waals surface area contributed by atoms with Crippen molar-refractivity contribution in [2.24, 2.45) is 11.3 Å². The van der Waals surface area contributed by atoms with Crippen LogP contribution in [0.1, 0.15) is 84.4 Å². The predicted octanol–water partition coefficient (Wildman–Crippen LogP) is 3.41. The van der Waals surface area contributed by atoms with E-state index in [1.54, 1.807) is 4.57 Å². The quantitative estimate of drug-likeness (QED) is 0.667. The molecule has 0 aliphatic heterocycles. The van der Waals surface area contributed by atoms with Gasteiger partial charge in [-0.05, 0) is 62.7 Å². The number of carbonyl (C=O) groups is 1. The summed E-state index contributed by atoms with van der Waals surface area (Å²) < 4.78 is 2.98. The Morgan fingerprint density at radius 2 is 1.77 bits per heavy atom. The lowest BCUT2D eigenvalue weighted by Crippen LogP contribution is -2.50. The Morgan fingerprint density at radius 3 is 2.35 bits per heavy atom. The Morgan fingerprint density at radius 1 is 1.13 bits per heavy atom. The van der Waals surface area contributed by atoms with Crippen LogP contribution in [-0.2, 0) is 23.3 Å². The maximum absolute atomic E-state index is 13.1. The zero-order valence-electron chi connectivity index (χ0n) is 18.9. The van der Waals surface area contributed by atoms with Gasteiger partial charge in [0.05, 0.1) is 0 Å². The molecule has 0 unspecified atom stereocenters. The average Bonchev–Trinajstić information content (AvgIpc) is 3.20. The van der Waals surface area contributed by atoms with Gasteiger partial charge < -0.3 is 10.1 Å². The number of nitrogens with one attached hydrogen (secondary N) is 1. The normalized spacial score (nSPS) is 27.8. The third kappa shape index (κ3) is 3.44. The summed E-state index contributed by atoms with van der Waals surface area (Å²) in [6.07, 6.45) is 7.31. The molecule has 170 valence electrons. The molecule has 3 aliphatic rings. The lowest BCUT2D eigenvalue weighted by Gasteiger charge is -2.56. The second-order valence-electron chi connectivity index (χ2n) is 9.83. The van der Waals surface area contributed by atoms with Crippen LogP contribution in [0.15, 0.2) is 9.59 Å². The van der Waals surface area contributed by atoms with Gasteiger partial charge in [0, 0.05) is 24.9 Å². The number of carboxylic acid groups (broad SMARTS) is 1. The van der Waals surface area contributed by atoms with Crippen LogP contribution < -0.4 is 11.2 Å². The number of fused-ring (bicyclic) bond motifs is 4. The van der Waals surface area contributed by atoms with Gasteiger partial charge in [-0.3, -0.25) is 18.7 Å². The first-order valence-electron chi connectivity index (χ1n) is 11.7. The molecular weight excluding hydrogens is 396 g/mol. The molecule has 3 saturated carbocycles. The monoisotopic (exact) mass is 430 g/mol. The smallest absolute Gasteiger partial charge is 0.332 e. The molecule has 0 aromatic carbocycles. The Labute approximate surface area is 181 Å². The lowest BCUT2D eigenvalue weighted by molar-refractivity contribution is -0.138. The molecule has 5 rings (SSSR count). The molecule has 2 bridgehead atoms. The Kier molecular flexibility index (Phi) is 5.60. The maximum Gasteiger partial charge on any atom is 0.332 e. The van der Waals surface area contributed by atoms with Crippen LogP contribution in [0.25, 0.3) is 11.2 Å². The van der Waals surface area contributed by atoms with Gasteiger partial charge >= 0.3 is 11.7 Å². The van der Waals surface area contributed by atoms with Gasteiger partial charge in [0.25, 0.3) is 5.56 Å². The third-order valence-corrected chi connectivity index (χ3v) is 7.98. The highest BCUT2D eigenvalue weighted by Gasteiger charge is 2.54. The molecule has 31 heavy (non-hydrogen) atoms. The van der Waals surface area contributed by atoms with Gasteiger partial charge in [-0.25, -0.2) is 9.78 Å². The summed E-state index contributed by atoms with van der Waals surface area (Å²) in [5.74, 6) is 0.449. The number of rotatable bonds is 8. The van der Waals surface area contributed by atoms with Crippen molar-refractivity contribution < 1.29 is 9.90 Å². The zero-order chi connectivity index (χ0) is 22.4. The van der Waals surface area contributed by atoms with Crippen LogP contribution in [0.4, 0.5) is 0 Å². The predicted molar refractivity (Wildman–Crippen MR) is 118 cm³/mol. The van der Waals surface area contributed by atoms with E-state index in [2.05, 4.69) is 11.9 Å². The minimum Gasteiger partial charge on any atom is -0.481 e. The molecule has 0 saturated heterocycles. The van der Waals surface area contributed by atoms with Crippen molar-refractivity contribution in [3.8, 4) is 0 Å². The first-order chi connectivity index (χ1) is 14.8. The Hall–Kier alpha value is -2.38. The molecule has 8 nitrogen and oxygen atoms in total. The van der Waals surface area contributed by atoms with Crippen molar-refractivity contribution in [2.75, 3.05) is 0 Å². The van der Waals surface area contributed by atoms with Crippen LogP contribution >= 0.6 is 0 Å². The topological polar surface area (TPSA) is 110 Å². The fraction of sp³-hybridized carbons (Fsp3) is 0.739. The summed E-state index contributed by atoms with van der Waals surface area (Å²) in [5.41, 5.74) is 0.340. The number of aliphatic carboxylic acids is 1. The number of nitrogens with zero attached hydrogens (tertiary/aromatic N) is 3. The summed E-state index contributed by atoms with van der Waals surface area (Å²) >= 11 is 0. The van der Waals surface area contributed by atoms with Crippen molar-refractivity contribution in [3.05, 3.63) is 26.7 Å². The highest BCUT2D eigenvalue weighted by molar-refractivity contribution is 5.70. The van der Waals surface area contributed by atoms with Gasteiger partial charge in [0.15, 0.2) is 5.65 Å². The third-order valence-electron chi connectivity index (χ3n) is 7.98. The molecule has 0 radical (unpaired) electrons. The lowest BCUT2D eigenvalue weighted by atomic mass is 9.48. The second-order valence-corrected chi connectivity index (χ2v) is 9.83. The van der Waals surface area contributed by atoms with Crippen molar-refractivity contribution in [1.82, 2.24) is 19.1 Å². The van der Waals surface area contributed by atoms with E-state index in [1.165, 1.54) is 4.57 Å². The standard InChI is InChI=1S/C23H34N4O4/c1-4-12-26-18-17(19(30)27(13-5-2)21(26)31)24-20(25-18)23-10-8-22(9-11-23,14-15(23)3)7-6-16(28)29/h15H,4-14H2,1-3H3,(H,24,25)(H,28,29)/t15-,22?,23?/m0/s1. The van der Waals surface area contributed by atoms with E-state index >= 15 is 0 Å². The molecule has 8 heteroatoms. The second kappa shape index (κ2) is 7.95. The van der Waals surface area contributed by atoms with Crippen molar-refractivity contribution in [3.63, 3.8) is 0 Å². The van der Waals surface area contributed by atoms with Crippen LogP contribution in [0.3, 0.4) is 0 Å². The van der Waals surface area contributed by atoms with Gasteiger partial charge in [0.2, 0.25) is 0 Å². The number of aromatic amines is 1. The minimum absolute atomic E-state index is 0.115. The molecular formula is C23H34N4O4. The van der Waals surface area contributed by atoms with Gasteiger partial charge in [0.1, 0.15) is 11.3 Å². The Bertz CT molecular complexity index is 1100. The molecule has 3 fully saturated rings. The average molecular weight is 431 g/mol. The first-order valence-corrected chi connectivity index (χ1v) is 11.7. The number of hydrogen-bond acceptors (Lipinski definition) is 4. The number of H-pyrrole nitrogens is 1. The number of carboxylic acids is 1. The molecule has 2 heterocycles. The highest BCUT2D eigenvalue weighted by Crippen LogP contribution is 2.61. The number of aromatic nitrogens is 4. The molecule has 1 atom stereocenters. The molecule has 3 aliphatic carbocycles. The fourth-order valence-corrected chi connectivity index (χ4v) is 6.21. The molecule has 2 aromatic heterocycles. The van der Waals surface area contributed by atoms with Crippen LogP contribution in [0.5, 0.6) is 0 Å². The van der Waals surface area contributed by atoms with E-state index in [0.29, 0.717) is 36.6 Å². The van der Waals surface area contributed by atoms with Gasteiger partial charge in [-0.15, -0.1) is 0 Å². The van der Waals surface area contributed by atoms with Crippen LogP contribution in [-0.4, -0.2) is 30.2 Å². The molecule has 0 amide bonds. The first kappa shape index (κ1) is 21.8. The van der Waals surface area contributed by atoms with Crippen LogP contribution in [0.2, 0.25) is 0 Å². The van der Waals surface area contributed by atoms with E-state index < -0.39 is 5.97 Å². The van der Waals surface area contributed by atoms with E-state index in [0.717, 1.165) is 50.8 Å². The summed E-state index contributed by atoms with van der Waals surface area (Å²) in [6.45, 7) is 7.14. The van der Waals surface area contributed by atoms with Crippen molar-refractivity contribution in [2.45, 2.75) is 97.1 Å². The fourth-order valence-electron chi connectivity index (χ4n) is 6.21. The minimum atomic E-state index is -0.723. The molecule has 2 aromatic rings. The summed E-state index contributed by atoms with van der Waals surface area (Å²) in [4.78, 5) is 45.5. The van der Waals surface area contributed by atoms with Crippen molar-refractivity contribution in [1.29, 1.82) is 0 Å².